The van der Waals surface area contributed by atoms with Gasteiger partial charge in [-0.2, -0.15) is 0 Å². The molecule has 21 heavy (non-hydrogen) atoms. The van der Waals surface area contributed by atoms with E-state index in [1.165, 1.54) is 5.56 Å². The fourth-order valence-corrected chi connectivity index (χ4v) is 2.16. The number of hydrogen-bond acceptors (Lipinski definition) is 3. The lowest BCUT2D eigenvalue weighted by atomic mass is 10.1. The van der Waals surface area contributed by atoms with E-state index >= 15 is 0 Å². The highest BCUT2D eigenvalue weighted by Gasteiger charge is 2.06. The Bertz CT molecular complexity index is 647. The summed E-state index contributed by atoms with van der Waals surface area (Å²) in [6.07, 6.45) is 1.79. The van der Waals surface area contributed by atoms with Crippen LogP contribution in [0.1, 0.15) is 25.0 Å². The van der Waals surface area contributed by atoms with Gasteiger partial charge in [0.15, 0.2) is 0 Å². The van der Waals surface area contributed by atoms with Crippen molar-refractivity contribution in [3.8, 4) is 5.75 Å². The Morgan fingerprint density at radius 3 is 2.71 bits per heavy atom. The van der Waals surface area contributed by atoms with Gasteiger partial charge in [-0.05, 0) is 23.8 Å². The Morgan fingerprint density at radius 2 is 2.05 bits per heavy atom. The van der Waals surface area contributed by atoms with Crippen LogP contribution in [0.2, 0.25) is 0 Å². The summed E-state index contributed by atoms with van der Waals surface area (Å²) in [5.41, 5.74) is 2.18. The number of nitrogens with one attached hydrogen (secondary N) is 1. The molecule has 0 aliphatic heterocycles. The number of methoxy groups -OCH3 is 1. The van der Waals surface area contributed by atoms with Gasteiger partial charge in [-0.1, -0.05) is 26.0 Å². The number of pyridine rings is 1. The number of benzene rings is 1. The normalized spacial score (nSPS) is 10.9. The van der Waals surface area contributed by atoms with E-state index in [9.17, 15) is 4.79 Å². The maximum atomic E-state index is 11.8. The fraction of sp³-hybridized carbons (Fsp3) is 0.353. The Kier molecular flexibility index (Phi) is 5.17. The summed E-state index contributed by atoms with van der Waals surface area (Å²) in [7, 11) is 1.65. The van der Waals surface area contributed by atoms with E-state index < -0.39 is 0 Å². The molecule has 1 heterocycles. The standard InChI is InChI=1S/C17H22N2O2/c1-13(2)18-11-14-7-8-16(21-3)15(10-14)12-19-9-5-4-6-17(19)20/h4-10,13,18H,11-12H2,1-3H3. The van der Waals surface area contributed by atoms with Crippen molar-refractivity contribution in [2.75, 3.05) is 7.11 Å². The zero-order valence-corrected chi connectivity index (χ0v) is 12.8. The lowest BCUT2D eigenvalue weighted by molar-refractivity contribution is 0.407. The van der Waals surface area contributed by atoms with Gasteiger partial charge in [0.25, 0.3) is 5.56 Å². The van der Waals surface area contributed by atoms with Crippen LogP contribution in [-0.4, -0.2) is 17.7 Å². The monoisotopic (exact) mass is 286 g/mol. The van der Waals surface area contributed by atoms with E-state index in [1.807, 2.05) is 18.2 Å². The molecule has 2 aromatic rings. The van der Waals surface area contributed by atoms with Gasteiger partial charge in [-0.3, -0.25) is 4.79 Å². The van der Waals surface area contributed by atoms with E-state index in [2.05, 4.69) is 25.2 Å². The highest BCUT2D eigenvalue weighted by Crippen LogP contribution is 2.20. The molecule has 0 aliphatic carbocycles. The Labute approximate surface area is 125 Å². The largest absolute Gasteiger partial charge is 0.496 e. The molecule has 0 atom stereocenters. The quantitative estimate of drug-likeness (QED) is 0.887. The minimum absolute atomic E-state index is 0.00902. The SMILES string of the molecule is COc1ccc(CNC(C)C)cc1Cn1ccccc1=O. The van der Waals surface area contributed by atoms with Gasteiger partial charge >= 0.3 is 0 Å². The zero-order chi connectivity index (χ0) is 15.2. The number of hydrogen-bond donors (Lipinski definition) is 1. The Balaban J connectivity index is 2.26. The minimum atomic E-state index is -0.00902. The molecule has 0 spiro atoms. The van der Waals surface area contributed by atoms with Crippen molar-refractivity contribution >= 4 is 0 Å². The first-order valence-corrected chi connectivity index (χ1v) is 7.15. The molecule has 0 aliphatic rings. The van der Waals surface area contributed by atoms with Crippen molar-refractivity contribution in [2.24, 2.45) is 0 Å². The predicted octanol–water partition coefficient (Wildman–Crippen LogP) is 2.40. The molecule has 0 bridgehead atoms. The second kappa shape index (κ2) is 7.09. The molecule has 1 aromatic heterocycles. The van der Waals surface area contributed by atoms with Gasteiger partial charge in [0.05, 0.1) is 13.7 Å². The topological polar surface area (TPSA) is 43.3 Å². The molecule has 4 nitrogen and oxygen atoms in total. The van der Waals surface area contributed by atoms with Crippen LogP contribution in [0.5, 0.6) is 5.75 Å². The predicted molar refractivity (Wildman–Crippen MR) is 84.8 cm³/mol. The molecule has 0 unspecified atom stereocenters. The number of nitrogens with zero attached hydrogens (tertiary/aromatic N) is 1. The summed E-state index contributed by atoms with van der Waals surface area (Å²) in [5.74, 6) is 0.805. The van der Waals surface area contributed by atoms with Crippen molar-refractivity contribution in [1.82, 2.24) is 9.88 Å². The van der Waals surface area contributed by atoms with Crippen molar-refractivity contribution in [3.05, 3.63) is 64.1 Å². The Morgan fingerprint density at radius 1 is 1.24 bits per heavy atom. The lowest BCUT2D eigenvalue weighted by Gasteiger charge is -2.13. The molecule has 1 N–H and O–H groups in total. The average Bonchev–Trinajstić information content (AvgIpc) is 2.47. The molecule has 0 saturated carbocycles. The van der Waals surface area contributed by atoms with Gasteiger partial charge in [-0.15, -0.1) is 0 Å². The van der Waals surface area contributed by atoms with Gasteiger partial charge < -0.3 is 14.6 Å². The maximum absolute atomic E-state index is 11.8. The molecule has 4 heteroatoms. The summed E-state index contributed by atoms with van der Waals surface area (Å²) in [6, 6.07) is 11.7. The molecule has 0 amide bonds. The molecule has 0 radical (unpaired) electrons. The molecular formula is C17H22N2O2. The van der Waals surface area contributed by atoms with E-state index in [4.69, 9.17) is 4.74 Å². The van der Waals surface area contributed by atoms with Crippen molar-refractivity contribution in [3.63, 3.8) is 0 Å². The van der Waals surface area contributed by atoms with Crippen molar-refractivity contribution in [2.45, 2.75) is 33.0 Å². The van der Waals surface area contributed by atoms with E-state index in [0.29, 0.717) is 12.6 Å². The smallest absolute Gasteiger partial charge is 0.250 e. The van der Waals surface area contributed by atoms with Crippen LogP contribution >= 0.6 is 0 Å². The summed E-state index contributed by atoms with van der Waals surface area (Å²) < 4.78 is 7.08. The summed E-state index contributed by atoms with van der Waals surface area (Å²) in [5, 5.41) is 3.39. The van der Waals surface area contributed by atoms with E-state index in [1.54, 1.807) is 30.0 Å². The highest BCUT2D eigenvalue weighted by atomic mass is 16.5. The Hall–Kier alpha value is -2.07. The zero-order valence-electron chi connectivity index (χ0n) is 12.8. The second-order valence-electron chi connectivity index (χ2n) is 5.35. The molecule has 1 aromatic carbocycles. The number of ether oxygens (including phenoxy) is 1. The van der Waals surface area contributed by atoms with Crippen LogP contribution in [0.3, 0.4) is 0 Å². The van der Waals surface area contributed by atoms with Crippen LogP contribution in [-0.2, 0) is 13.1 Å². The van der Waals surface area contributed by atoms with Crippen LogP contribution < -0.4 is 15.6 Å². The average molecular weight is 286 g/mol. The van der Waals surface area contributed by atoms with Crippen LogP contribution in [0, 0.1) is 0 Å². The highest BCUT2D eigenvalue weighted by molar-refractivity contribution is 5.37. The van der Waals surface area contributed by atoms with Gasteiger partial charge in [0, 0.05) is 30.4 Å². The molecule has 0 fully saturated rings. The first-order chi connectivity index (χ1) is 10.1. The third kappa shape index (κ3) is 4.20. The van der Waals surface area contributed by atoms with Crippen molar-refractivity contribution < 1.29 is 4.74 Å². The fourth-order valence-electron chi connectivity index (χ4n) is 2.16. The van der Waals surface area contributed by atoms with E-state index in [-0.39, 0.29) is 5.56 Å². The van der Waals surface area contributed by atoms with E-state index in [0.717, 1.165) is 17.9 Å². The molecule has 2 rings (SSSR count). The minimum Gasteiger partial charge on any atom is -0.496 e. The first kappa shape index (κ1) is 15.3. The third-order valence-corrected chi connectivity index (χ3v) is 3.30. The van der Waals surface area contributed by atoms with Crippen molar-refractivity contribution in [1.29, 1.82) is 0 Å². The molecule has 0 saturated heterocycles. The lowest BCUT2D eigenvalue weighted by Crippen LogP contribution is -2.22. The molecule has 112 valence electrons. The number of aromatic nitrogens is 1. The van der Waals surface area contributed by atoms with Gasteiger partial charge in [0.2, 0.25) is 0 Å². The molecular weight excluding hydrogens is 264 g/mol. The van der Waals surface area contributed by atoms with Crippen LogP contribution in [0.4, 0.5) is 0 Å². The number of rotatable bonds is 6. The summed E-state index contributed by atoms with van der Waals surface area (Å²) in [4.78, 5) is 11.8. The van der Waals surface area contributed by atoms with Crippen LogP contribution in [0.15, 0.2) is 47.4 Å². The summed E-state index contributed by atoms with van der Waals surface area (Å²) >= 11 is 0. The van der Waals surface area contributed by atoms with Gasteiger partial charge in [-0.25, -0.2) is 0 Å². The maximum Gasteiger partial charge on any atom is 0.250 e. The van der Waals surface area contributed by atoms with Crippen LogP contribution in [0.25, 0.3) is 0 Å². The second-order valence-corrected chi connectivity index (χ2v) is 5.35. The summed E-state index contributed by atoms with van der Waals surface area (Å²) in [6.45, 7) is 5.55. The first-order valence-electron chi connectivity index (χ1n) is 7.15. The van der Waals surface area contributed by atoms with Gasteiger partial charge in [0.1, 0.15) is 5.75 Å². The third-order valence-electron chi connectivity index (χ3n) is 3.30.